The molecule has 0 amide bonds. The second-order valence-corrected chi connectivity index (χ2v) is 2.22. The molecule has 0 aliphatic heterocycles. The number of aromatic nitrogens is 2. The van der Waals surface area contributed by atoms with Gasteiger partial charge < -0.3 is 4.84 Å². The lowest BCUT2D eigenvalue weighted by atomic mass is 10.2. The standard InChI is InChI=1S/C7H11N3O/c1-2-3-6-4-7(11-8)10-5-9-6/h4-5H,2-3,8H2,1H3. The van der Waals surface area contributed by atoms with Crippen molar-refractivity contribution in [3.63, 3.8) is 0 Å². The molecule has 0 saturated heterocycles. The first-order valence-electron chi connectivity index (χ1n) is 3.54. The van der Waals surface area contributed by atoms with Gasteiger partial charge in [0.2, 0.25) is 5.88 Å². The van der Waals surface area contributed by atoms with Crippen molar-refractivity contribution < 1.29 is 4.84 Å². The molecule has 0 aromatic carbocycles. The van der Waals surface area contributed by atoms with Gasteiger partial charge in [0.25, 0.3) is 0 Å². The summed E-state index contributed by atoms with van der Waals surface area (Å²) in [5, 5.41) is 0. The molecule has 60 valence electrons. The summed E-state index contributed by atoms with van der Waals surface area (Å²) in [4.78, 5) is 12.3. The summed E-state index contributed by atoms with van der Waals surface area (Å²) in [6.07, 6.45) is 3.44. The van der Waals surface area contributed by atoms with E-state index in [1.165, 1.54) is 6.33 Å². The fourth-order valence-electron chi connectivity index (χ4n) is 0.834. The van der Waals surface area contributed by atoms with Crippen LogP contribution in [0.15, 0.2) is 12.4 Å². The molecule has 0 bridgehead atoms. The minimum atomic E-state index is 0.420. The topological polar surface area (TPSA) is 61.0 Å². The maximum atomic E-state index is 4.92. The van der Waals surface area contributed by atoms with Crippen LogP contribution in [0.4, 0.5) is 0 Å². The summed E-state index contributed by atoms with van der Waals surface area (Å²) in [6.45, 7) is 2.09. The van der Waals surface area contributed by atoms with Crippen molar-refractivity contribution in [3.8, 4) is 5.88 Å². The lowest BCUT2D eigenvalue weighted by molar-refractivity contribution is 0.319. The Kier molecular flexibility index (Phi) is 2.80. The summed E-state index contributed by atoms with van der Waals surface area (Å²) in [6, 6.07) is 1.74. The van der Waals surface area contributed by atoms with Crippen molar-refractivity contribution in [2.75, 3.05) is 0 Å². The molecule has 0 aliphatic rings. The van der Waals surface area contributed by atoms with Crippen LogP contribution in [0, 0.1) is 0 Å². The SMILES string of the molecule is CCCc1cc(ON)ncn1. The molecular formula is C7H11N3O. The first-order valence-corrected chi connectivity index (χ1v) is 3.54. The summed E-state index contributed by atoms with van der Waals surface area (Å²) < 4.78 is 0. The van der Waals surface area contributed by atoms with Gasteiger partial charge in [-0.25, -0.2) is 9.97 Å². The molecule has 0 atom stereocenters. The number of hydrogen-bond donors (Lipinski definition) is 1. The zero-order valence-corrected chi connectivity index (χ0v) is 6.45. The Bertz CT molecular complexity index is 227. The lowest BCUT2D eigenvalue weighted by Crippen LogP contribution is -2.04. The molecule has 1 heterocycles. The lowest BCUT2D eigenvalue weighted by Gasteiger charge is -1.98. The van der Waals surface area contributed by atoms with Crippen molar-refractivity contribution in [1.29, 1.82) is 0 Å². The number of nitrogens with two attached hydrogens (primary N) is 1. The molecule has 0 fully saturated rings. The van der Waals surface area contributed by atoms with Gasteiger partial charge in [0.1, 0.15) is 6.33 Å². The second-order valence-electron chi connectivity index (χ2n) is 2.22. The summed E-state index contributed by atoms with van der Waals surface area (Å²) in [5.41, 5.74) is 0.961. The van der Waals surface area contributed by atoms with Crippen LogP contribution in [0.1, 0.15) is 19.0 Å². The Hall–Kier alpha value is -1.16. The minimum Gasteiger partial charge on any atom is -0.391 e. The van der Waals surface area contributed by atoms with Crippen LogP contribution in [0.3, 0.4) is 0 Å². The van der Waals surface area contributed by atoms with Crippen molar-refractivity contribution in [2.45, 2.75) is 19.8 Å². The van der Waals surface area contributed by atoms with E-state index >= 15 is 0 Å². The smallest absolute Gasteiger partial charge is 0.240 e. The minimum absolute atomic E-state index is 0.420. The number of aryl methyl sites for hydroxylation is 1. The van der Waals surface area contributed by atoms with Crippen molar-refractivity contribution in [2.24, 2.45) is 5.90 Å². The average Bonchev–Trinajstić information content (AvgIpc) is 2.06. The highest BCUT2D eigenvalue weighted by Crippen LogP contribution is 2.05. The fraction of sp³-hybridized carbons (Fsp3) is 0.429. The fourth-order valence-corrected chi connectivity index (χ4v) is 0.834. The van der Waals surface area contributed by atoms with E-state index < -0.39 is 0 Å². The van der Waals surface area contributed by atoms with Crippen molar-refractivity contribution >= 4 is 0 Å². The van der Waals surface area contributed by atoms with Crippen LogP contribution in [0.25, 0.3) is 0 Å². The van der Waals surface area contributed by atoms with Crippen molar-refractivity contribution in [1.82, 2.24) is 9.97 Å². The first-order chi connectivity index (χ1) is 5.36. The summed E-state index contributed by atoms with van der Waals surface area (Å²) in [7, 11) is 0. The second kappa shape index (κ2) is 3.88. The molecule has 4 heteroatoms. The highest BCUT2D eigenvalue weighted by atomic mass is 16.6. The zero-order valence-electron chi connectivity index (χ0n) is 6.45. The van der Waals surface area contributed by atoms with Gasteiger partial charge in [-0.05, 0) is 6.42 Å². The average molecular weight is 153 g/mol. The summed E-state index contributed by atoms with van der Waals surface area (Å²) in [5.74, 6) is 5.34. The molecule has 0 spiro atoms. The monoisotopic (exact) mass is 153 g/mol. The van der Waals surface area contributed by atoms with E-state index in [0.717, 1.165) is 18.5 Å². The molecule has 0 unspecified atom stereocenters. The van der Waals surface area contributed by atoms with Gasteiger partial charge >= 0.3 is 0 Å². The Labute approximate surface area is 65.4 Å². The van der Waals surface area contributed by atoms with Gasteiger partial charge in [-0.1, -0.05) is 13.3 Å². The van der Waals surface area contributed by atoms with E-state index in [1.54, 1.807) is 6.07 Å². The molecule has 2 N–H and O–H groups in total. The Morgan fingerprint density at radius 2 is 2.36 bits per heavy atom. The first kappa shape index (κ1) is 7.94. The molecule has 0 saturated carbocycles. The van der Waals surface area contributed by atoms with E-state index in [9.17, 15) is 0 Å². The third-order valence-corrected chi connectivity index (χ3v) is 1.33. The van der Waals surface area contributed by atoms with Crippen LogP contribution in [0.5, 0.6) is 5.88 Å². The number of nitrogens with zero attached hydrogens (tertiary/aromatic N) is 2. The predicted octanol–water partition coefficient (Wildman–Crippen LogP) is 0.682. The number of rotatable bonds is 3. The van der Waals surface area contributed by atoms with Gasteiger partial charge in [0.05, 0.1) is 0 Å². The Morgan fingerprint density at radius 3 is 3.00 bits per heavy atom. The molecule has 0 radical (unpaired) electrons. The largest absolute Gasteiger partial charge is 0.391 e. The highest BCUT2D eigenvalue weighted by molar-refractivity contribution is 5.12. The molecule has 4 nitrogen and oxygen atoms in total. The maximum Gasteiger partial charge on any atom is 0.240 e. The Balaban J connectivity index is 2.74. The van der Waals surface area contributed by atoms with Crippen LogP contribution in [0.2, 0.25) is 0 Å². The van der Waals surface area contributed by atoms with E-state index in [0.29, 0.717) is 5.88 Å². The van der Waals surface area contributed by atoms with E-state index in [2.05, 4.69) is 21.7 Å². The molecule has 0 aliphatic carbocycles. The quantitative estimate of drug-likeness (QED) is 0.649. The van der Waals surface area contributed by atoms with Crippen LogP contribution >= 0.6 is 0 Å². The van der Waals surface area contributed by atoms with E-state index in [1.807, 2.05) is 0 Å². The highest BCUT2D eigenvalue weighted by Gasteiger charge is 1.96. The third kappa shape index (κ3) is 2.16. The third-order valence-electron chi connectivity index (χ3n) is 1.33. The molecular weight excluding hydrogens is 142 g/mol. The van der Waals surface area contributed by atoms with E-state index in [-0.39, 0.29) is 0 Å². The van der Waals surface area contributed by atoms with Crippen LogP contribution < -0.4 is 10.7 Å². The maximum absolute atomic E-state index is 4.92. The molecule has 1 rings (SSSR count). The van der Waals surface area contributed by atoms with Gasteiger partial charge in [-0.2, -0.15) is 5.90 Å². The molecule has 11 heavy (non-hydrogen) atoms. The van der Waals surface area contributed by atoms with Crippen LogP contribution in [-0.2, 0) is 6.42 Å². The normalized spacial score (nSPS) is 9.64. The summed E-state index contributed by atoms with van der Waals surface area (Å²) >= 11 is 0. The molecule has 1 aromatic rings. The van der Waals surface area contributed by atoms with Gasteiger partial charge in [-0.15, -0.1) is 0 Å². The zero-order chi connectivity index (χ0) is 8.10. The van der Waals surface area contributed by atoms with Gasteiger partial charge in [-0.3, -0.25) is 0 Å². The van der Waals surface area contributed by atoms with Gasteiger partial charge in [0, 0.05) is 11.8 Å². The van der Waals surface area contributed by atoms with Crippen LogP contribution in [-0.4, -0.2) is 9.97 Å². The molecule has 1 aromatic heterocycles. The predicted molar refractivity (Wildman–Crippen MR) is 40.8 cm³/mol. The van der Waals surface area contributed by atoms with E-state index in [4.69, 9.17) is 5.90 Å². The number of hydrogen-bond acceptors (Lipinski definition) is 4. The Morgan fingerprint density at radius 1 is 1.55 bits per heavy atom. The van der Waals surface area contributed by atoms with Crippen molar-refractivity contribution in [3.05, 3.63) is 18.1 Å². The van der Waals surface area contributed by atoms with Gasteiger partial charge in [0.15, 0.2) is 0 Å².